The smallest absolute Gasteiger partial charge is 0.410 e. The van der Waals surface area contributed by atoms with Gasteiger partial charge in [0.15, 0.2) is 11.5 Å². The largest absolute Gasteiger partial charge is 0.444 e. The van der Waals surface area contributed by atoms with Crippen LogP contribution < -0.4 is 20.9 Å². The van der Waals surface area contributed by atoms with Crippen LogP contribution in [-0.2, 0) is 4.74 Å². The third kappa shape index (κ3) is 6.28. The molecule has 0 radical (unpaired) electrons. The number of pyridine rings is 1. The Hall–Kier alpha value is -3.63. The topological polar surface area (TPSA) is 130 Å². The van der Waals surface area contributed by atoms with Crippen LogP contribution in [0.2, 0.25) is 0 Å². The average Bonchev–Trinajstić information content (AvgIpc) is 2.84. The summed E-state index contributed by atoms with van der Waals surface area (Å²) in [6.07, 6.45) is 6.50. The van der Waals surface area contributed by atoms with Gasteiger partial charge in [0.05, 0.1) is 18.1 Å². The monoisotopic (exact) mass is 482 g/mol. The van der Waals surface area contributed by atoms with Crippen LogP contribution in [0.5, 0.6) is 0 Å². The summed E-state index contributed by atoms with van der Waals surface area (Å²) >= 11 is 0. The van der Waals surface area contributed by atoms with Crippen molar-refractivity contribution < 1.29 is 14.3 Å². The molecule has 2 aliphatic rings. The van der Waals surface area contributed by atoms with Crippen molar-refractivity contribution in [3.63, 3.8) is 0 Å². The SMILES string of the molecule is CC(C)(C)OC(=O)N1CCN(c2ccc(Nc3nc(N4CCCCC4)cnc3C(N)=O)nc2)CC1. The Morgan fingerprint density at radius 3 is 2.26 bits per heavy atom. The molecule has 2 aromatic heterocycles. The Morgan fingerprint density at radius 1 is 0.943 bits per heavy atom. The number of nitrogens with zero attached hydrogens (tertiary/aromatic N) is 6. The lowest BCUT2D eigenvalue weighted by Crippen LogP contribution is -2.50. The highest BCUT2D eigenvalue weighted by Crippen LogP contribution is 2.24. The molecule has 11 heteroatoms. The van der Waals surface area contributed by atoms with Crippen LogP contribution in [0.4, 0.5) is 27.9 Å². The molecule has 4 heterocycles. The summed E-state index contributed by atoms with van der Waals surface area (Å²) in [5.74, 6) is 0.905. The van der Waals surface area contributed by atoms with E-state index in [1.807, 2.05) is 32.9 Å². The van der Waals surface area contributed by atoms with Crippen LogP contribution in [0.15, 0.2) is 24.5 Å². The average molecular weight is 483 g/mol. The van der Waals surface area contributed by atoms with Gasteiger partial charge in [-0.3, -0.25) is 4.79 Å². The number of hydrogen-bond acceptors (Lipinski definition) is 9. The minimum atomic E-state index is -0.648. The lowest BCUT2D eigenvalue weighted by molar-refractivity contribution is 0.0240. The van der Waals surface area contributed by atoms with Crippen molar-refractivity contribution in [3.05, 3.63) is 30.2 Å². The van der Waals surface area contributed by atoms with Crippen molar-refractivity contribution in [1.82, 2.24) is 19.9 Å². The van der Waals surface area contributed by atoms with E-state index in [4.69, 9.17) is 10.5 Å². The second-order valence-electron chi connectivity index (χ2n) is 9.82. The number of amides is 2. The van der Waals surface area contributed by atoms with E-state index in [1.165, 1.54) is 6.42 Å². The highest BCUT2D eigenvalue weighted by molar-refractivity contribution is 5.96. The fourth-order valence-electron chi connectivity index (χ4n) is 4.16. The van der Waals surface area contributed by atoms with Gasteiger partial charge < -0.3 is 30.5 Å². The van der Waals surface area contributed by atoms with E-state index >= 15 is 0 Å². The molecular weight excluding hydrogens is 448 g/mol. The summed E-state index contributed by atoms with van der Waals surface area (Å²) in [5, 5.41) is 3.11. The maximum atomic E-state index is 12.3. The van der Waals surface area contributed by atoms with Crippen LogP contribution in [0.25, 0.3) is 0 Å². The molecule has 0 aliphatic carbocycles. The summed E-state index contributed by atoms with van der Waals surface area (Å²) in [5.41, 5.74) is 6.04. The molecular formula is C24H34N8O3. The Labute approximate surface area is 205 Å². The quantitative estimate of drug-likeness (QED) is 0.660. The highest BCUT2D eigenvalue weighted by Gasteiger charge is 2.26. The molecule has 2 amide bonds. The molecule has 4 rings (SSSR count). The zero-order valence-electron chi connectivity index (χ0n) is 20.7. The van der Waals surface area contributed by atoms with Crippen LogP contribution in [-0.4, -0.2) is 76.7 Å². The number of carbonyl (C=O) groups excluding carboxylic acids is 2. The van der Waals surface area contributed by atoms with Crippen molar-refractivity contribution in [3.8, 4) is 0 Å². The van der Waals surface area contributed by atoms with Gasteiger partial charge in [-0.15, -0.1) is 0 Å². The molecule has 2 saturated heterocycles. The van der Waals surface area contributed by atoms with E-state index in [0.717, 1.165) is 37.4 Å². The lowest BCUT2D eigenvalue weighted by Gasteiger charge is -2.36. The third-order valence-electron chi connectivity index (χ3n) is 5.96. The van der Waals surface area contributed by atoms with Gasteiger partial charge >= 0.3 is 6.09 Å². The first-order valence-corrected chi connectivity index (χ1v) is 12.1. The van der Waals surface area contributed by atoms with Crippen LogP contribution in [0, 0.1) is 0 Å². The molecule has 0 unspecified atom stereocenters. The number of rotatable bonds is 5. The molecule has 0 bridgehead atoms. The van der Waals surface area contributed by atoms with Crippen molar-refractivity contribution >= 4 is 35.1 Å². The third-order valence-corrected chi connectivity index (χ3v) is 5.96. The van der Waals surface area contributed by atoms with Gasteiger partial charge in [-0.2, -0.15) is 0 Å². The molecule has 0 aromatic carbocycles. The number of carbonyl (C=O) groups is 2. The molecule has 2 aromatic rings. The predicted molar refractivity (Wildman–Crippen MR) is 134 cm³/mol. The first kappa shape index (κ1) is 24.5. The number of hydrogen-bond donors (Lipinski definition) is 2. The number of nitrogens with one attached hydrogen (secondary N) is 1. The van der Waals surface area contributed by atoms with Crippen LogP contribution in [0.1, 0.15) is 50.5 Å². The minimum Gasteiger partial charge on any atom is -0.444 e. The van der Waals surface area contributed by atoms with Crippen LogP contribution >= 0.6 is 0 Å². The van der Waals surface area contributed by atoms with Crippen molar-refractivity contribution in [1.29, 1.82) is 0 Å². The number of nitrogens with two attached hydrogens (primary N) is 1. The predicted octanol–water partition coefficient (Wildman–Crippen LogP) is 2.76. The van der Waals surface area contributed by atoms with E-state index in [0.29, 0.717) is 37.8 Å². The first-order chi connectivity index (χ1) is 16.7. The number of piperazine rings is 1. The van der Waals surface area contributed by atoms with Crippen molar-refractivity contribution in [2.75, 3.05) is 54.4 Å². The van der Waals surface area contributed by atoms with Crippen molar-refractivity contribution in [2.24, 2.45) is 5.73 Å². The molecule has 0 atom stereocenters. The zero-order valence-corrected chi connectivity index (χ0v) is 20.7. The number of primary amides is 1. The Morgan fingerprint density at radius 2 is 1.66 bits per heavy atom. The van der Waals surface area contributed by atoms with Crippen molar-refractivity contribution in [2.45, 2.75) is 45.6 Å². The van der Waals surface area contributed by atoms with Gasteiger partial charge in [0, 0.05) is 39.3 Å². The molecule has 2 fully saturated rings. The van der Waals surface area contributed by atoms with Gasteiger partial charge in [0.2, 0.25) is 0 Å². The second kappa shape index (κ2) is 10.3. The standard InChI is InChI=1S/C24H34N8O3/c1-24(2,3)35-23(34)32-13-11-30(12-14-32)17-7-8-18(26-15-17)28-22-20(21(25)33)27-16-19(29-22)31-9-5-4-6-10-31/h7-8,15-16H,4-6,9-14H2,1-3H3,(H2,25,33)(H,26,28,29). The number of anilines is 4. The molecule has 35 heavy (non-hydrogen) atoms. The maximum absolute atomic E-state index is 12.3. The summed E-state index contributed by atoms with van der Waals surface area (Å²) in [6, 6.07) is 3.78. The molecule has 2 aliphatic heterocycles. The summed E-state index contributed by atoms with van der Waals surface area (Å²) in [4.78, 5) is 43.7. The summed E-state index contributed by atoms with van der Waals surface area (Å²) in [7, 11) is 0. The van der Waals surface area contributed by atoms with Gasteiger partial charge in [-0.05, 0) is 52.2 Å². The van der Waals surface area contributed by atoms with E-state index in [2.05, 4.69) is 30.1 Å². The van der Waals surface area contributed by atoms with Gasteiger partial charge in [0.25, 0.3) is 5.91 Å². The first-order valence-electron chi connectivity index (χ1n) is 12.1. The molecule has 11 nitrogen and oxygen atoms in total. The van der Waals surface area contributed by atoms with Gasteiger partial charge in [-0.25, -0.2) is 19.7 Å². The Kier molecular flexibility index (Phi) is 7.23. The number of ether oxygens (including phenoxy) is 1. The van der Waals surface area contributed by atoms with Crippen LogP contribution in [0.3, 0.4) is 0 Å². The van der Waals surface area contributed by atoms with E-state index in [-0.39, 0.29) is 11.8 Å². The molecule has 0 saturated carbocycles. The minimum absolute atomic E-state index is 0.0786. The van der Waals surface area contributed by atoms with Gasteiger partial charge in [-0.1, -0.05) is 0 Å². The van der Waals surface area contributed by atoms with E-state index in [1.54, 1.807) is 17.3 Å². The Balaban J connectivity index is 1.40. The van der Waals surface area contributed by atoms with E-state index in [9.17, 15) is 9.59 Å². The highest BCUT2D eigenvalue weighted by atomic mass is 16.6. The normalized spacial score (nSPS) is 16.7. The maximum Gasteiger partial charge on any atom is 0.410 e. The fourth-order valence-corrected chi connectivity index (χ4v) is 4.16. The fraction of sp³-hybridized carbons (Fsp3) is 0.542. The van der Waals surface area contributed by atoms with E-state index < -0.39 is 11.5 Å². The summed E-state index contributed by atoms with van der Waals surface area (Å²) < 4.78 is 5.46. The molecule has 188 valence electrons. The number of aromatic nitrogens is 3. The van der Waals surface area contributed by atoms with Gasteiger partial charge in [0.1, 0.15) is 17.2 Å². The molecule has 0 spiro atoms. The zero-order chi connectivity index (χ0) is 25.0. The molecule has 3 N–H and O–H groups in total. The Bertz CT molecular complexity index is 1040. The summed E-state index contributed by atoms with van der Waals surface area (Å²) in [6.45, 7) is 9.95. The second-order valence-corrected chi connectivity index (χ2v) is 9.82. The number of piperidine rings is 1. The lowest BCUT2D eigenvalue weighted by atomic mass is 10.1.